The van der Waals surface area contributed by atoms with E-state index in [0.29, 0.717) is 34.6 Å². The number of aromatic nitrogens is 2. The molecule has 0 spiro atoms. The van der Waals surface area contributed by atoms with Crippen LogP contribution in [0.15, 0.2) is 42.5 Å². The molecule has 0 N–H and O–H groups in total. The van der Waals surface area contributed by atoms with E-state index < -0.39 is 0 Å². The van der Waals surface area contributed by atoms with Gasteiger partial charge in [-0.05, 0) is 42.7 Å². The van der Waals surface area contributed by atoms with Crippen LogP contribution < -0.4 is 0 Å². The molecule has 0 aliphatic rings. The highest BCUT2D eigenvalue weighted by atomic mass is 35.5. The van der Waals surface area contributed by atoms with E-state index in [4.69, 9.17) is 28.2 Å². The van der Waals surface area contributed by atoms with Crippen LogP contribution >= 0.6 is 23.2 Å². The van der Waals surface area contributed by atoms with Crippen molar-refractivity contribution in [1.82, 2.24) is 14.5 Å². The number of halogens is 2. The zero-order chi connectivity index (χ0) is 20.3. The van der Waals surface area contributed by atoms with Crippen molar-refractivity contribution in [3.05, 3.63) is 63.9 Å². The van der Waals surface area contributed by atoms with E-state index in [0.717, 1.165) is 29.8 Å². The number of para-hydroxylation sites is 2. The number of fused-ring (bicyclic) bond motifs is 1. The molecule has 0 aliphatic carbocycles. The van der Waals surface area contributed by atoms with E-state index in [9.17, 15) is 4.79 Å². The maximum absolute atomic E-state index is 13.3. The van der Waals surface area contributed by atoms with Crippen molar-refractivity contribution < 1.29 is 4.79 Å². The van der Waals surface area contributed by atoms with Crippen LogP contribution in [0.1, 0.15) is 43.4 Å². The summed E-state index contributed by atoms with van der Waals surface area (Å²) < 4.78 is 2.21. The van der Waals surface area contributed by atoms with Crippen LogP contribution in [0.4, 0.5) is 0 Å². The molecule has 3 rings (SSSR count). The summed E-state index contributed by atoms with van der Waals surface area (Å²) >= 11 is 12.3. The summed E-state index contributed by atoms with van der Waals surface area (Å²) in [7, 11) is 0. The molecule has 0 aliphatic heterocycles. The van der Waals surface area contributed by atoms with Gasteiger partial charge in [-0.2, -0.15) is 0 Å². The van der Waals surface area contributed by atoms with E-state index in [1.54, 1.807) is 18.2 Å². The van der Waals surface area contributed by atoms with Crippen LogP contribution in [0.25, 0.3) is 11.0 Å². The van der Waals surface area contributed by atoms with Crippen LogP contribution in [0.2, 0.25) is 10.0 Å². The summed E-state index contributed by atoms with van der Waals surface area (Å²) in [5.74, 6) is 1.10. The molecule has 3 aromatic rings. The molecule has 1 aromatic heterocycles. The number of aryl methyl sites for hydroxylation is 1. The van der Waals surface area contributed by atoms with E-state index in [1.165, 1.54) is 0 Å². The van der Waals surface area contributed by atoms with Gasteiger partial charge in [0.15, 0.2) is 0 Å². The van der Waals surface area contributed by atoms with Gasteiger partial charge in [0.1, 0.15) is 5.82 Å². The lowest BCUT2D eigenvalue weighted by Gasteiger charge is -2.25. The predicted octanol–water partition coefficient (Wildman–Crippen LogP) is 6.05. The molecule has 4 nitrogen and oxygen atoms in total. The first-order chi connectivity index (χ1) is 13.4. The second-order valence-corrected chi connectivity index (χ2v) is 8.22. The van der Waals surface area contributed by atoms with Crippen molar-refractivity contribution in [3.63, 3.8) is 0 Å². The molecular weight excluding hydrogens is 393 g/mol. The summed E-state index contributed by atoms with van der Waals surface area (Å²) in [6.45, 7) is 8.25. The van der Waals surface area contributed by atoms with Gasteiger partial charge in [0, 0.05) is 18.1 Å². The van der Waals surface area contributed by atoms with E-state index >= 15 is 0 Å². The van der Waals surface area contributed by atoms with Crippen LogP contribution in [0.5, 0.6) is 0 Å². The minimum absolute atomic E-state index is 0.106. The Bertz CT molecular complexity index is 981. The monoisotopic (exact) mass is 417 g/mol. The highest BCUT2D eigenvalue weighted by Crippen LogP contribution is 2.24. The van der Waals surface area contributed by atoms with Gasteiger partial charge in [0.25, 0.3) is 5.91 Å². The number of carbonyl (C=O) groups is 1. The topological polar surface area (TPSA) is 38.1 Å². The lowest BCUT2D eigenvalue weighted by molar-refractivity contribution is 0.0716. The Morgan fingerprint density at radius 3 is 2.61 bits per heavy atom. The Balaban J connectivity index is 1.98. The second-order valence-electron chi connectivity index (χ2n) is 7.37. The summed E-state index contributed by atoms with van der Waals surface area (Å²) in [6.07, 6.45) is 0.995. The molecule has 2 aromatic carbocycles. The fourth-order valence-corrected chi connectivity index (χ4v) is 3.87. The fraction of sp³-hybridized carbons (Fsp3) is 0.364. The minimum atomic E-state index is -0.106. The number of hydrogen-bond acceptors (Lipinski definition) is 2. The van der Waals surface area contributed by atoms with E-state index in [-0.39, 0.29) is 5.91 Å². The third-order valence-corrected chi connectivity index (χ3v) is 5.10. The molecule has 0 saturated carbocycles. The third kappa shape index (κ3) is 4.50. The highest BCUT2D eigenvalue weighted by molar-refractivity contribution is 6.36. The Hall–Kier alpha value is -2.04. The average Bonchev–Trinajstić information content (AvgIpc) is 2.98. The molecule has 0 fully saturated rings. The Kier molecular flexibility index (Phi) is 6.63. The molecule has 148 valence electrons. The number of amides is 1. The lowest BCUT2D eigenvalue weighted by Crippen LogP contribution is -2.35. The molecule has 0 atom stereocenters. The number of carbonyl (C=O) groups excluding carboxylic acids is 1. The van der Waals surface area contributed by atoms with Crippen molar-refractivity contribution in [2.24, 2.45) is 5.92 Å². The quantitative estimate of drug-likeness (QED) is 0.468. The molecule has 28 heavy (non-hydrogen) atoms. The maximum Gasteiger partial charge on any atom is 0.255 e. The maximum atomic E-state index is 13.3. The van der Waals surface area contributed by atoms with Crippen molar-refractivity contribution >= 4 is 40.1 Å². The molecular formula is C22H25Cl2N3O. The summed E-state index contributed by atoms with van der Waals surface area (Å²) in [5, 5.41) is 0.884. The highest BCUT2D eigenvalue weighted by Gasteiger charge is 2.22. The predicted molar refractivity (Wildman–Crippen MR) is 116 cm³/mol. The van der Waals surface area contributed by atoms with Gasteiger partial charge in [-0.1, -0.05) is 56.1 Å². The van der Waals surface area contributed by atoms with Gasteiger partial charge in [-0.3, -0.25) is 4.79 Å². The number of rotatable bonds is 7. The van der Waals surface area contributed by atoms with Crippen LogP contribution in [-0.2, 0) is 13.1 Å². The Morgan fingerprint density at radius 1 is 1.18 bits per heavy atom. The standard InChI is InChI=1S/C22H25Cl2N3O/c1-4-11-27-20-8-6-5-7-19(20)25-21(27)14-26(13-15(2)3)22(28)17-10-9-16(23)12-18(17)24/h5-10,12,15H,4,11,13-14H2,1-3H3. The zero-order valence-corrected chi connectivity index (χ0v) is 18.0. The largest absolute Gasteiger partial charge is 0.331 e. The van der Waals surface area contributed by atoms with Crippen molar-refractivity contribution in [3.8, 4) is 0 Å². The number of benzene rings is 2. The van der Waals surface area contributed by atoms with Crippen molar-refractivity contribution in [2.75, 3.05) is 6.54 Å². The number of nitrogens with zero attached hydrogens (tertiary/aromatic N) is 3. The summed E-state index contributed by atoms with van der Waals surface area (Å²) in [5.41, 5.74) is 2.51. The first-order valence-corrected chi connectivity index (χ1v) is 10.3. The molecule has 0 unspecified atom stereocenters. The molecule has 0 saturated heterocycles. The molecule has 6 heteroatoms. The Labute approximate surface area is 176 Å². The SMILES string of the molecule is CCCn1c(CN(CC(C)C)C(=O)c2ccc(Cl)cc2Cl)nc2ccccc21. The van der Waals surface area contributed by atoms with Crippen LogP contribution in [0.3, 0.4) is 0 Å². The molecule has 0 bridgehead atoms. The van der Waals surface area contributed by atoms with E-state index in [1.807, 2.05) is 23.1 Å². The molecule has 0 radical (unpaired) electrons. The summed E-state index contributed by atoms with van der Waals surface area (Å²) in [6, 6.07) is 13.1. The average molecular weight is 418 g/mol. The molecule has 1 amide bonds. The smallest absolute Gasteiger partial charge is 0.255 e. The van der Waals surface area contributed by atoms with E-state index in [2.05, 4.69) is 31.4 Å². The normalized spacial score (nSPS) is 11.4. The van der Waals surface area contributed by atoms with Gasteiger partial charge >= 0.3 is 0 Å². The number of hydrogen-bond donors (Lipinski definition) is 0. The lowest BCUT2D eigenvalue weighted by atomic mass is 10.1. The Morgan fingerprint density at radius 2 is 1.93 bits per heavy atom. The van der Waals surface area contributed by atoms with Crippen LogP contribution in [0, 0.1) is 5.92 Å². The molecule has 1 heterocycles. The first kappa shape index (κ1) is 20.7. The number of imidazole rings is 1. The zero-order valence-electron chi connectivity index (χ0n) is 16.5. The fourth-order valence-electron chi connectivity index (χ4n) is 3.38. The van der Waals surface area contributed by atoms with Gasteiger partial charge in [0.05, 0.1) is 28.2 Å². The van der Waals surface area contributed by atoms with Crippen molar-refractivity contribution in [1.29, 1.82) is 0 Å². The van der Waals surface area contributed by atoms with Gasteiger partial charge in [-0.25, -0.2) is 4.98 Å². The second kappa shape index (κ2) is 8.97. The van der Waals surface area contributed by atoms with Gasteiger partial charge in [-0.15, -0.1) is 0 Å². The third-order valence-electron chi connectivity index (χ3n) is 4.55. The summed E-state index contributed by atoms with van der Waals surface area (Å²) in [4.78, 5) is 19.9. The van der Waals surface area contributed by atoms with Crippen LogP contribution in [-0.4, -0.2) is 26.9 Å². The first-order valence-electron chi connectivity index (χ1n) is 9.59. The van der Waals surface area contributed by atoms with Crippen molar-refractivity contribution in [2.45, 2.75) is 40.3 Å². The minimum Gasteiger partial charge on any atom is -0.331 e. The van der Waals surface area contributed by atoms with Gasteiger partial charge in [0.2, 0.25) is 0 Å². The van der Waals surface area contributed by atoms with Gasteiger partial charge < -0.3 is 9.47 Å².